The molecule has 0 N–H and O–H groups in total. The molecule has 1 aromatic heterocycles. The summed E-state index contributed by atoms with van der Waals surface area (Å²) in [6.45, 7) is 1.70. The first kappa shape index (κ1) is 6.61. The number of hydrogen-bond acceptors (Lipinski definition) is 2. The molecule has 1 rings (SSSR count). The Morgan fingerprint density at radius 3 is 2.67 bits per heavy atom. The number of rotatable bonds is 0. The predicted octanol–water partition coefficient (Wildman–Crippen LogP) is 1.69. The van der Waals surface area contributed by atoms with E-state index in [1.54, 1.807) is 13.0 Å². The van der Waals surface area contributed by atoms with Gasteiger partial charge in [-0.25, -0.2) is 4.98 Å². The summed E-state index contributed by atoms with van der Waals surface area (Å²) in [5.74, 6) is 0. The number of hydrogen-bond donors (Lipinski definition) is 0. The third kappa shape index (κ3) is 1.71. The van der Waals surface area contributed by atoms with Gasteiger partial charge >= 0.3 is 6.08 Å². The summed E-state index contributed by atoms with van der Waals surface area (Å²) in [5.41, 5.74) is 0.620. The maximum atomic E-state index is 12.2. The summed E-state index contributed by atoms with van der Waals surface area (Å²) in [6.07, 6.45) is -0.693. The molecule has 0 bridgehead atoms. The molecule has 0 saturated carbocycles. The summed E-state index contributed by atoms with van der Waals surface area (Å²) >= 11 is 3.02. The molecule has 0 unspecified atom stereocenters. The molecule has 0 amide bonds. The van der Waals surface area contributed by atoms with Crippen molar-refractivity contribution in [3.05, 3.63) is 22.4 Å². The molecule has 0 aliphatic rings. The first-order valence-electron chi connectivity index (χ1n) is 2.35. The van der Waals surface area contributed by atoms with E-state index in [2.05, 4.69) is 25.9 Å². The van der Waals surface area contributed by atoms with E-state index in [9.17, 15) is 4.39 Å². The molecule has 0 aromatic carbocycles. The fourth-order valence-electron chi connectivity index (χ4n) is 0.496. The van der Waals surface area contributed by atoms with Crippen LogP contribution in [-0.2, 0) is 0 Å². The normalized spacial score (nSPS) is 9.67. The lowest BCUT2D eigenvalue weighted by Gasteiger charge is -1.90. The predicted molar refractivity (Wildman–Crippen MR) is 34.4 cm³/mol. The lowest BCUT2D eigenvalue weighted by molar-refractivity contribution is 0.532. The van der Waals surface area contributed by atoms with Crippen LogP contribution in [0.25, 0.3) is 0 Å². The van der Waals surface area contributed by atoms with Gasteiger partial charge < -0.3 is 0 Å². The van der Waals surface area contributed by atoms with Gasteiger partial charge in [-0.1, -0.05) is 0 Å². The van der Waals surface area contributed by atoms with Crippen LogP contribution >= 0.6 is 15.9 Å². The highest BCUT2D eigenvalue weighted by molar-refractivity contribution is 9.10. The molecule has 2 nitrogen and oxygen atoms in total. The van der Waals surface area contributed by atoms with E-state index in [1.165, 1.54) is 0 Å². The quantitative estimate of drug-likeness (QED) is 0.460. The SMILES string of the molecule is Cc1cc(Br)nc(F)n1. The molecule has 0 radical (unpaired) electrons. The Morgan fingerprint density at radius 2 is 2.22 bits per heavy atom. The molecule has 48 valence electrons. The zero-order valence-electron chi connectivity index (χ0n) is 4.73. The standard InChI is InChI=1S/C5H4BrFN2/c1-3-2-4(6)9-5(7)8-3/h2H,1H3. The second kappa shape index (κ2) is 2.39. The third-order valence-corrected chi connectivity index (χ3v) is 1.20. The van der Waals surface area contributed by atoms with E-state index in [4.69, 9.17) is 0 Å². The maximum Gasteiger partial charge on any atom is 0.309 e. The largest absolute Gasteiger partial charge is 0.309 e. The lowest BCUT2D eigenvalue weighted by Crippen LogP contribution is -1.90. The van der Waals surface area contributed by atoms with Crippen LogP contribution in [0.4, 0.5) is 4.39 Å². The van der Waals surface area contributed by atoms with Gasteiger partial charge in [-0.2, -0.15) is 9.37 Å². The maximum absolute atomic E-state index is 12.2. The summed E-state index contributed by atoms with van der Waals surface area (Å²) in [6, 6.07) is 1.64. The van der Waals surface area contributed by atoms with Crippen LogP contribution in [0.3, 0.4) is 0 Å². The summed E-state index contributed by atoms with van der Waals surface area (Å²) in [7, 11) is 0. The third-order valence-electron chi connectivity index (χ3n) is 0.796. The van der Waals surface area contributed by atoms with Crippen LogP contribution in [0.2, 0.25) is 0 Å². The molecule has 0 aliphatic carbocycles. The van der Waals surface area contributed by atoms with Gasteiger partial charge in [0.15, 0.2) is 0 Å². The minimum absolute atomic E-state index is 0.479. The molecule has 0 fully saturated rings. The van der Waals surface area contributed by atoms with Gasteiger partial charge in [0.2, 0.25) is 0 Å². The van der Waals surface area contributed by atoms with Crippen molar-refractivity contribution in [3.63, 3.8) is 0 Å². The second-order valence-electron chi connectivity index (χ2n) is 1.60. The average Bonchev–Trinajstić information content (AvgIpc) is 1.59. The number of aryl methyl sites for hydroxylation is 1. The van der Waals surface area contributed by atoms with Crippen molar-refractivity contribution in [2.75, 3.05) is 0 Å². The number of halogens is 2. The second-order valence-corrected chi connectivity index (χ2v) is 2.41. The van der Waals surface area contributed by atoms with Crippen molar-refractivity contribution >= 4 is 15.9 Å². The fraction of sp³-hybridized carbons (Fsp3) is 0.200. The minimum atomic E-state index is -0.693. The molecule has 9 heavy (non-hydrogen) atoms. The zero-order chi connectivity index (χ0) is 6.85. The van der Waals surface area contributed by atoms with Crippen molar-refractivity contribution in [3.8, 4) is 0 Å². The van der Waals surface area contributed by atoms with Gasteiger partial charge in [0, 0.05) is 5.69 Å². The van der Waals surface area contributed by atoms with E-state index in [0.29, 0.717) is 10.3 Å². The van der Waals surface area contributed by atoms with Crippen LogP contribution in [-0.4, -0.2) is 9.97 Å². The molecule has 0 atom stereocenters. The van der Waals surface area contributed by atoms with Gasteiger partial charge in [0.25, 0.3) is 0 Å². The molecule has 0 saturated heterocycles. The Hall–Kier alpha value is -0.510. The first-order valence-corrected chi connectivity index (χ1v) is 3.14. The monoisotopic (exact) mass is 190 g/mol. The lowest BCUT2D eigenvalue weighted by atomic mass is 10.5. The van der Waals surface area contributed by atoms with Crippen molar-refractivity contribution < 1.29 is 4.39 Å². The molecular weight excluding hydrogens is 187 g/mol. The molecule has 4 heteroatoms. The van der Waals surface area contributed by atoms with Gasteiger partial charge in [0.05, 0.1) is 0 Å². The van der Waals surface area contributed by atoms with Crippen molar-refractivity contribution in [2.45, 2.75) is 6.92 Å². The molecule has 0 aliphatic heterocycles. The van der Waals surface area contributed by atoms with Crippen LogP contribution in [0.15, 0.2) is 10.7 Å². The van der Waals surface area contributed by atoms with E-state index in [0.717, 1.165) is 0 Å². The number of nitrogens with zero attached hydrogens (tertiary/aromatic N) is 2. The van der Waals surface area contributed by atoms with Crippen LogP contribution in [0.1, 0.15) is 5.69 Å². The minimum Gasteiger partial charge on any atom is -0.208 e. The Bertz CT molecular complexity index is 176. The summed E-state index contributed by atoms with van der Waals surface area (Å²) in [4.78, 5) is 6.80. The van der Waals surface area contributed by atoms with E-state index < -0.39 is 6.08 Å². The van der Waals surface area contributed by atoms with E-state index >= 15 is 0 Å². The average molecular weight is 191 g/mol. The number of aromatic nitrogens is 2. The van der Waals surface area contributed by atoms with Crippen molar-refractivity contribution in [1.82, 2.24) is 9.97 Å². The zero-order valence-corrected chi connectivity index (χ0v) is 6.31. The Labute approximate surface area is 60.3 Å². The molecule has 0 spiro atoms. The van der Waals surface area contributed by atoms with Gasteiger partial charge in [-0.3, -0.25) is 0 Å². The smallest absolute Gasteiger partial charge is 0.208 e. The van der Waals surface area contributed by atoms with Gasteiger partial charge in [0.1, 0.15) is 4.60 Å². The van der Waals surface area contributed by atoms with Gasteiger partial charge in [-0.05, 0) is 28.9 Å². The topological polar surface area (TPSA) is 25.8 Å². The Morgan fingerprint density at radius 1 is 1.56 bits per heavy atom. The van der Waals surface area contributed by atoms with Crippen molar-refractivity contribution in [1.29, 1.82) is 0 Å². The van der Waals surface area contributed by atoms with E-state index in [-0.39, 0.29) is 0 Å². The highest BCUT2D eigenvalue weighted by Gasteiger charge is 1.95. The Balaban J connectivity index is 3.17. The highest BCUT2D eigenvalue weighted by atomic mass is 79.9. The van der Waals surface area contributed by atoms with Crippen molar-refractivity contribution in [2.24, 2.45) is 0 Å². The van der Waals surface area contributed by atoms with E-state index in [1.807, 2.05) is 0 Å². The summed E-state index contributed by atoms with van der Waals surface area (Å²) in [5, 5.41) is 0. The highest BCUT2D eigenvalue weighted by Crippen LogP contribution is 2.05. The van der Waals surface area contributed by atoms with Crippen LogP contribution in [0, 0.1) is 13.0 Å². The summed E-state index contributed by atoms with van der Waals surface area (Å²) < 4.78 is 12.7. The van der Waals surface area contributed by atoms with Crippen LogP contribution in [0.5, 0.6) is 0 Å². The van der Waals surface area contributed by atoms with Crippen LogP contribution < -0.4 is 0 Å². The van der Waals surface area contributed by atoms with Gasteiger partial charge in [-0.15, -0.1) is 0 Å². The molecule has 1 aromatic rings. The molecular formula is C5H4BrFN2. The first-order chi connectivity index (χ1) is 4.18. The molecule has 1 heterocycles. The fourth-order valence-corrected chi connectivity index (χ4v) is 0.973. The Kier molecular flexibility index (Phi) is 1.75.